The summed E-state index contributed by atoms with van der Waals surface area (Å²) in [6.07, 6.45) is 2.30. The van der Waals surface area contributed by atoms with Crippen molar-refractivity contribution in [3.8, 4) is 0 Å². The summed E-state index contributed by atoms with van der Waals surface area (Å²) in [6, 6.07) is 3.91. The molecule has 1 aromatic rings. The van der Waals surface area contributed by atoms with Gasteiger partial charge in [-0.05, 0) is 37.9 Å². The van der Waals surface area contributed by atoms with Crippen LogP contribution >= 0.6 is 0 Å². The van der Waals surface area contributed by atoms with Crippen LogP contribution in [-0.2, 0) is 0 Å². The molecule has 1 fully saturated rings. The molecule has 1 aromatic carbocycles. The van der Waals surface area contributed by atoms with E-state index in [0.29, 0.717) is 11.6 Å². The van der Waals surface area contributed by atoms with Gasteiger partial charge in [-0.3, -0.25) is 10.1 Å². The minimum atomic E-state index is -0.799. The van der Waals surface area contributed by atoms with Gasteiger partial charge in [-0.1, -0.05) is 0 Å². The highest BCUT2D eigenvalue weighted by Gasteiger charge is 2.15. The molecule has 1 saturated heterocycles. The minimum absolute atomic E-state index is 0.486. The van der Waals surface area contributed by atoms with Crippen molar-refractivity contribution >= 4 is 11.4 Å². The van der Waals surface area contributed by atoms with E-state index in [2.05, 4.69) is 10.6 Å². The fourth-order valence-corrected chi connectivity index (χ4v) is 2.13. The van der Waals surface area contributed by atoms with Crippen LogP contribution < -0.4 is 10.6 Å². The summed E-state index contributed by atoms with van der Waals surface area (Å²) < 4.78 is 13.4. The van der Waals surface area contributed by atoms with Crippen molar-refractivity contribution in [3.63, 3.8) is 0 Å². The third kappa shape index (κ3) is 3.16. The van der Waals surface area contributed by atoms with E-state index in [-0.39, 0.29) is 0 Å². The average Bonchev–Trinajstić information content (AvgIpc) is 2.37. The minimum Gasteiger partial charge on any atom is -0.385 e. The molecule has 98 valence electrons. The fourth-order valence-electron chi connectivity index (χ4n) is 2.13. The molecule has 1 aliphatic rings. The van der Waals surface area contributed by atoms with Gasteiger partial charge in [-0.25, -0.2) is 0 Å². The highest BCUT2D eigenvalue weighted by atomic mass is 19.1. The number of nitro groups is 1. The number of nitrogens with zero attached hydrogens (tertiary/aromatic N) is 1. The summed E-state index contributed by atoms with van der Waals surface area (Å²) in [6.45, 7) is 2.77. The van der Waals surface area contributed by atoms with Crippen molar-refractivity contribution in [1.82, 2.24) is 5.32 Å². The first kappa shape index (κ1) is 12.8. The van der Waals surface area contributed by atoms with Crippen LogP contribution in [0.1, 0.15) is 12.8 Å². The molecular formula is C12H16FN3O2. The molecule has 6 heteroatoms. The van der Waals surface area contributed by atoms with Gasteiger partial charge in [-0.15, -0.1) is 0 Å². The van der Waals surface area contributed by atoms with Gasteiger partial charge in [-0.2, -0.15) is 4.39 Å². The Morgan fingerprint density at radius 3 is 3.00 bits per heavy atom. The molecular weight excluding hydrogens is 237 g/mol. The van der Waals surface area contributed by atoms with Crippen LogP contribution in [0.15, 0.2) is 18.2 Å². The molecule has 5 nitrogen and oxygen atoms in total. The highest BCUT2D eigenvalue weighted by Crippen LogP contribution is 2.21. The lowest BCUT2D eigenvalue weighted by Gasteiger charge is -2.23. The summed E-state index contributed by atoms with van der Waals surface area (Å²) in [5.41, 5.74) is 0.101. The Labute approximate surface area is 105 Å². The topological polar surface area (TPSA) is 67.2 Å². The monoisotopic (exact) mass is 253 g/mol. The lowest BCUT2D eigenvalue weighted by Crippen LogP contribution is -2.33. The molecule has 1 atom stereocenters. The first-order valence-electron chi connectivity index (χ1n) is 6.05. The molecule has 2 N–H and O–H groups in total. The van der Waals surface area contributed by atoms with Crippen LogP contribution in [0, 0.1) is 21.8 Å². The predicted octanol–water partition coefficient (Wildman–Crippen LogP) is 2.15. The van der Waals surface area contributed by atoms with Crippen LogP contribution in [0.3, 0.4) is 0 Å². The number of hydrogen-bond donors (Lipinski definition) is 2. The molecule has 18 heavy (non-hydrogen) atoms. The maximum absolute atomic E-state index is 13.4. The molecule has 0 spiro atoms. The molecule has 2 rings (SSSR count). The second kappa shape index (κ2) is 5.77. The van der Waals surface area contributed by atoms with E-state index in [0.717, 1.165) is 32.5 Å². The van der Waals surface area contributed by atoms with Crippen molar-refractivity contribution in [1.29, 1.82) is 0 Å². The highest BCUT2D eigenvalue weighted by molar-refractivity contribution is 5.49. The van der Waals surface area contributed by atoms with Crippen LogP contribution in [0.25, 0.3) is 0 Å². The number of nitrogens with one attached hydrogen (secondary N) is 2. The number of nitro benzene ring substituents is 1. The summed E-state index contributed by atoms with van der Waals surface area (Å²) in [7, 11) is 0. The summed E-state index contributed by atoms with van der Waals surface area (Å²) >= 11 is 0. The van der Waals surface area contributed by atoms with Crippen molar-refractivity contribution in [2.75, 3.05) is 25.0 Å². The summed E-state index contributed by atoms with van der Waals surface area (Å²) in [5.74, 6) is -0.274. The maximum Gasteiger partial charge on any atom is 0.304 e. The molecule has 0 radical (unpaired) electrons. The van der Waals surface area contributed by atoms with Crippen molar-refractivity contribution in [2.24, 2.45) is 5.92 Å². The number of anilines is 1. The normalized spacial score (nSPS) is 19.5. The average molecular weight is 253 g/mol. The number of rotatable bonds is 4. The van der Waals surface area contributed by atoms with E-state index in [9.17, 15) is 14.5 Å². The summed E-state index contributed by atoms with van der Waals surface area (Å²) in [4.78, 5) is 9.76. The molecule has 0 aromatic heterocycles. The molecule has 0 saturated carbocycles. The zero-order chi connectivity index (χ0) is 13.0. The Kier molecular flexibility index (Phi) is 4.09. The molecule has 1 unspecified atom stereocenters. The van der Waals surface area contributed by atoms with Crippen LogP contribution in [-0.4, -0.2) is 24.6 Å². The second-order valence-electron chi connectivity index (χ2n) is 4.52. The Bertz CT molecular complexity index is 433. The van der Waals surface area contributed by atoms with E-state index in [1.165, 1.54) is 18.2 Å². The molecule has 1 heterocycles. The third-order valence-electron chi connectivity index (χ3n) is 3.14. The molecule has 1 aliphatic heterocycles. The SMILES string of the molecule is O=[N+]([O-])c1ccc(NCC2CCCNC2)cc1F. The summed E-state index contributed by atoms with van der Waals surface area (Å²) in [5, 5.41) is 16.9. The Morgan fingerprint density at radius 2 is 2.39 bits per heavy atom. The van der Waals surface area contributed by atoms with E-state index < -0.39 is 16.4 Å². The van der Waals surface area contributed by atoms with Crippen LogP contribution in [0.5, 0.6) is 0 Å². The first-order valence-corrected chi connectivity index (χ1v) is 6.05. The van der Waals surface area contributed by atoms with Crippen LogP contribution in [0.4, 0.5) is 15.8 Å². The fraction of sp³-hybridized carbons (Fsp3) is 0.500. The maximum atomic E-state index is 13.4. The van der Waals surface area contributed by atoms with Gasteiger partial charge >= 0.3 is 5.69 Å². The van der Waals surface area contributed by atoms with Crippen molar-refractivity contribution in [3.05, 3.63) is 34.1 Å². The van der Waals surface area contributed by atoms with E-state index >= 15 is 0 Å². The predicted molar refractivity (Wildman–Crippen MR) is 67.1 cm³/mol. The first-order chi connectivity index (χ1) is 8.66. The number of benzene rings is 1. The molecule has 0 amide bonds. The van der Waals surface area contributed by atoms with Gasteiger partial charge < -0.3 is 10.6 Å². The Balaban J connectivity index is 1.93. The number of halogens is 1. The van der Waals surface area contributed by atoms with Gasteiger partial charge in [0.05, 0.1) is 4.92 Å². The van der Waals surface area contributed by atoms with Gasteiger partial charge in [0.25, 0.3) is 0 Å². The van der Waals surface area contributed by atoms with Gasteiger partial charge in [0.15, 0.2) is 0 Å². The zero-order valence-electron chi connectivity index (χ0n) is 9.99. The Morgan fingerprint density at radius 1 is 1.56 bits per heavy atom. The second-order valence-corrected chi connectivity index (χ2v) is 4.52. The Hall–Kier alpha value is -1.69. The van der Waals surface area contributed by atoms with Gasteiger partial charge in [0, 0.05) is 24.4 Å². The smallest absolute Gasteiger partial charge is 0.304 e. The number of piperidine rings is 1. The zero-order valence-corrected chi connectivity index (χ0v) is 9.99. The lowest BCUT2D eigenvalue weighted by atomic mass is 10.00. The van der Waals surface area contributed by atoms with Crippen molar-refractivity contribution < 1.29 is 9.31 Å². The van der Waals surface area contributed by atoms with E-state index in [1.54, 1.807) is 0 Å². The molecule has 0 bridgehead atoms. The third-order valence-corrected chi connectivity index (χ3v) is 3.14. The number of hydrogen-bond acceptors (Lipinski definition) is 4. The lowest BCUT2D eigenvalue weighted by molar-refractivity contribution is -0.387. The van der Waals surface area contributed by atoms with Crippen LogP contribution in [0.2, 0.25) is 0 Å². The standard InChI is InChI=1S/C12H16FN3O2/c13-11-6-10(3-4-12(11)16(17)18)15-8-9-2-1-5-14-7-9/h3-4,6,9,14-15H,1-2,5,7-8H2. The largest absolute Gasteiger partial charge is 0.385 e. The molecule has 0 aliphatic carbocycles. The van der Waals surface area contributed by atoms with Gasteiger partial charge in [0.1, 0.15) is 0 Å². The quantitative estimate of drug-likeness (QED) is 0.637. The van der Waals surface area contributed by atoms with Crippen molar-refractivity contribution in [2.45, 2.75) is 12.8 Å². The van der Waals surface area contributed by atoms with E-state index in [1.807, 2.05) is 0 Å². The van der Waals surface area contributed by atoms with Gasteiger partial charge in [0.2, 0.25) is 5.82 Å². The van der Waals surface area contributed by atoms with E-state index in [4.69, 9.17) is 0 Å².